The van der Waals surface area contributed by atoms with Crippen molar-refractivity contribution in [2.75, 3.05) is 33.5 Å². The predicted molar refractivity (Wildman–Crippen MR) is 86.1 cm³/mol. The number of ether oxygens (including phenoxy) is 2. The van der Waals surface area contributed by atoms with E-state index in [0.717, 1.165) is 48.9 Å². The van der Waals surface area contributed by atoms with Crippen molar-refractivity contribution in [1.82, 2.24) is 15.1 Å². The molecule has 0 fully saturated rings. The first-order chi connectivity index (χ1) is 10.1. The number of hydrogen-bond donors (Lipinski definition) is 1. The third-order valence-electron chi connectivity index (χ3n) is 3.43. The van der Waals surface area contributed by atoms with Crippen molar-refractivity contribution < 1.29 is 9.47 Å². The number of aromatic nitrogens is 2. The molecule has 0 aromatic carbocycles. The average molecular weight is 318 g/mol. The van der Waals surface area contributed by atoms with Gasteiger partial charge in [0, 0.05) is 32.7 Å². The first-order valence-electron chi connectivity index (χ1n) is 7.65. The molecule has 0 aliphatic rings. The van der Waals surface area contributed by atoms with Gasteiger partial charge in [-0.25, -0.2) is 0 Å². The molecular formula is C15H28ClN3O2. The van der Waals surface area contributed by atoms with E-state index in [4.69, 9.17) is 21.1 Å². The standard InChI is InChI=1S/C15H28ClN3O2/c1-5-17-13(7-8-21-10-9-20-4)11-14-15(16)12(3)18-19(14)6-2/h13,17H,5-11H2,1-4H3. The van der Waals surface area contributed by atoms with Crippen LogP contribution >= 0.6 is 11.6 Å². The van der Waals surface area contributed by atoms with Crippen LogP contribution in [0.25, 0.3) is 0 Å². The van der Waals surface area contributed by atoms with Gasteiger partial charge in [-0.1, -0.05) is 18.5 Å². The van der Waals surface area contributed by atoms with Crippen molar-refractivity contribution in [3.05, 3.63) is 16.4 Å². The summed E-state index contributed by atoms with van der Waals surface area (Å²) in [6.07, 6.45) is 1.82. The van der Waals surface area contributed by atoms with E-state index in [1.807, 2.05) is 11.6 Å². The molecule has 1 N–H and O–H groups in total. The van der Waals surface area contributed by atoms with Gasteiger partial charge in [0.05, 0.1) is 29.6 Å². The van der Waals surface area contributed by atoms with Crippen LogP contribution in [0.3, 0.4) is 0 Å². The summed E-state index contributed by atoms with van der Waals surface area (Å²) in [5.74, 6) is 0. The minimum absolute atomic E-state index is 0.344. The SMILES string of the molecule is CCNC(CCOCCOC)Cc1c(Cl)c(C)nn1CC. The molecule has 21 heavy (non-hydrogen) atoms. The van der Waals surface area contributed by atoms with Gasteiger partial charge in [0.15, 0.2) is 0 Å². The molecule has 1 unspecified atom stereocenters. The van der Waals surface area contributed by atoms with Crippen LogP contribution in [0.1, 0.15) is 31.7 Å². The van der Waals surface area contributed by atoms with Gasteiger partial charge in [-0.2, -0.15) is 5.10 Å². The maximum Gasteiger partial charge on any atom is 0.0847 e. The average Bonchev–Trinajstić information content (AvgIpc) is 2.74. The molecule has 0 bridgehead atoms. The zero-order chi connectivity index (χ0) is 15.7. The molecule has 0 aliphatic carbocycles. The summed E-state index contributed by atoms with van der Waals surface area (Å²) >= 11 is 6.38. The molecule has 1 rings (SSSR count). The van der Waals surface area contributed by atoms with Gasteiger partial charge < -0.3 is 14.8 Å². The highest BCUT2D eigenvalue weighted by Crippen LogP contribution is 2.22. The van der Waals surface area contributed by atoms with Crippen molar-refractivity contribution >= 4 is 11.6 Å². The van der Waals surface area contributed by atoms with Crippen LogP contribution in [-0.2, 0) is 22.4 Å². The van der Waals surface area contributed by atoms with E-state index >= 15 is 0 Å². The van der Waals surface area contributed by atoms with E-state index in [9.17, 15) is 0 Å². The zero-order valence-electron chi connectivity index (χ0n) is 13.6. The first kappa shape index (κ1) is 18.4. The normalized spacial score (nSPS) is 12.8. The molecule has 0 radical (unpaired) electrons. The number of nitrogens with zero attached hydrogens (tertiary/aromatic N) is 2. The van der Waals surface area contributed by atoms with E-state index in [2.05, 4.69) is 24.3 Å². The number of likely N-dealkylation sites (N-methyl/N-ethyl adjacent to an activating group) is 1. The van der Waals surface area contributed by atoms with Crippen LogP contribution in [0.4, 0.5) is 0 Å². The predicted octanol–water partition coefficient (Wildman–Crippen LogP) is 2.44. The Kier molecular flexibility index (Phi) is 8.92. The molecule has 0 amide bonds. The Morgan fingerprint density at radius 1 is 1.29 bits per heavy atom. The second kappa shape index (κ2) is 10.2. The summed E-state index contributed by atoms with van der Waals surface area (Å²) in [6, 6.07) is 0.344. The summed E-state index contributed by atoms with van der Waals surface area (Å²) in [5.41, 5.74) is 2.01. The van der Waals surface area contributed by atoms with E-state index in [-0.39, 0.29) is 0 Å². The smallest absolute Gasteiger partial charge is 0.0847 e. The Balaban J connectivity index is 2.57. The Hall–Kier alpha value is -0.620. The molecule has 6 heteroatoms. The zero-order valence-corrected chi connectivity index (χ0v) is 14.4. The lowest BCUT2D eigenvalue weighted by atomic mass is 10.1. The summed E-state index contributed by atoms with van der Waals surface area (Å²) in [5, 5.41) is 8.76. The monoisotopic (exact) mass is 317 g/mol. The lowest BCUT2D eigenvalue weighted by Gasteiger charge is -2.18. The van der Waals surface area contributed by atoms with Gasteiger partial charge in [-0.15, -0.1) is 0 Å². The molecule has 0 aliphatic heterocycles. The summed E-state index contributed by atoms with van der Waals surface area (Å²) in [4.78, 5) is 0. The molecule has 0 saturated carbocycles. The largest absolute Gasteiger partial charge is 0.382 e. The highest BCUT2D eigenvalue weighted by Gasteiger charge is 2.17. The van der Waals surface area contributed by atoms with E-state index in [1.165, 1.54) is 0 Å². The van der Waals surface area contributed by atoms with Crippen molar-refractivity contribution in [2.24, 2.45) is 0 Å². The Bertz CT molecular complexity index is 410. The van der Waals surface area contributed by atoms with E-state index < -0.39 is 0 Å². The number of hydrogen-bond acceptors (Lipinski definition) is 4. The lowest BCUT2D eigenvalue weighted by Crippen LogP contribution is -2.33. The fraction of sp³-hybridized carbons (Fsp3) is 0.800. The van der Waals surface area contributed by atoms with Gasteiger partial charge in [-0.05, 0) is 26.8 Å². The second-order valence-electron chi connectivity index (χ2n) is 5.01. The Morgan fingerprint density at radius 2 is 2.05 bits per heavy atom. The molecule has 1 heterocycles. The number of aryl methyl sites for hydroxylation is 2. The Morgan fingerprint density at radius 3 is 2.67 bits per heavy atom. The van der Waals surface area contributed by atoms with Crippen LogP contribution in [0.2, 0.25) is 5.02 Å². The van der Waals surface area contributed by atoms with Gasteiger partial charge >= 0.3 is 0 Å². The van der Waals surface area contributed by atoms with E-state index in [1.54, 1.807) is 7.11 Å². The molecule has 0 saturated heterocycles. The Labute approximate surface area is 132 Å². The molecule has 1 aromatic heterocycles. The first-order valence-corrected chi connectivity index (χ1v) is 8.03. The van der Waals surface area contributed by atoms with Gasteiger partial charge in [0.25, 0.3) is 0 Å². The van der Waals surface area contributed by atoms with Gasteiger partial charge in [0.2, 0.25) is 0 Å². The summed E-state index contributed by atoms with van der Waals surface area (Å²) in [6.45, 7) is 9.92. The van der Waals surface area contributed by atoms with Crippen molar-refractivity contribution in [3.8, 4) is 0 Å². The van der Waals surface area contributed by atoms with Crippen LogP contribution in [0.5, 0.6) is 0 Å². The van der Waals surface area contributed by atoms with Crippen LogP contribution < -0.4 is 5.32 Å². The summed E-state index contributed by atoms with van der Waals surface area (Å²) in [7, 11) is 1.68. The maximum atomic E-state index is 6.38. The molecule has 5 nitrogen and oxygen atoms in total. The van der Waals surface area contributed by atoms with Crippen molar-refractivity contribution in [2.45, 2.75) is 46.2 Å². The highest BCUT2D eigenvalue weighted by atomic mass is 35.5. The molecule has 1 atom stereocenters. The van der Waals surface area contributed by atoms with Crippen LogP contribution in [0, 0.1) is 6.92 Å². The number of methoxy groups -OCH3 is 1. The number of halogens is 1. The number of rotatable bonds is 11. The van der Waals surface area contributed by atoms with E-state index in [0.29, 0.717) is 19.3 Å². The minimum Gasteiger partial charge on any atom is -0.382 e. The van der Waals surface area contributed by atoms with Crippen molar-refractivity contribution in [1.29, 1.82) is 0 Å². The molecule has 0 spiro atoms. The molecule has 1 aromatic rings. The van der Waals surface area contributed by atoms with Gasteiger partial charge in [-0.3, -0.25) is 4.68 Å². The quantitative estimate of drug-likeness (QED) is 0.637. The van der Waals surface area contributed by atoms with Crippen LogP contribution in [0.15, 0.2) is 0 Å². The third kappa shape index (κ3) is 5.94. The highest BCUT2D eigenvalue weighted by molar-refractivity contribution is 6.31. The third-order valence-corrected chi connectivity index (χ3v) is 3.92. The molecule has 122 valence electrons. The fourth-order valence-electron chi connectivity index (χ4n) is 2.33. The number of nitrogens with one attached hydrogen (secondary N) is 1. The maximum absolute atomic E-state index is 6.38. The summed E-state index contributed by atoms with van der Waals surface area (Å²) < 4.78 is 12.5. The topological polar surface area (TPSA) is 48.3 Å². The molecular weight excluding hydrogens is 290 g/mol. The minimum atomic E-state index is 0.344. The fourth-order valence-corrected chi connectivity index (χ4v) is 2.54. The van der Waals surface area contributed by atoms with Gasteiger partial charge in [0.1, 0.15) is 0 Å². The van der Waals surface area contributed by atoms with Crippen molar-refractivity contribution in [3.63, 3.8) is 0 Å². The van der Waals surface area contributed by atoms with Crippen LogP contribution in [-0.4, -0.2) is 49.3 Å². The lowest BCUT2D eigenvalue weighted by molar-refractivity contribution is 0.0658. The second-order valence-corrected chi connectivity index (χ2v) is 5.39.